The maximum absolute atomic E-state index is 13.1. The summed E-state index contributed by atoms with van der Waals surface area (Å²) in [6, 6.07) is 15.8. The molecule has 176 valence electrons. The Balaban J connectivity index is 1.40. The average Bonchev–Trinajstić information content (AvgIpc) is 3.19. The lowest BCUT2D eigenvalue weighted by atomic mass is 10.0. The highest BCUT2D eigenvalue weighted by molar-refractivity contribution is 7.91. The van der Waals surface area contributed by atoms with Crippen molar-refractivity contribution in [1.29, 1.82) is 0 Å². The molecule has 33 heavy (non-hydrogen) atoms. The van der Waals surface area contributed by atoms with Gasteiger partial charge in [-0.15, -0.1) is 0 Å². The van der Waals surface area contributed by atoms with Crippen LogP contribution in [-0.4, -0.2) is 73.8 Å². The van der Waals surface area contributed by atoms with Crippen LogP contribution in [-0.2, 0) is 14.6 Å². The number of hydrogen-bond acceptors (Lipinski definition) is 5. The summed E-state index contributed by atoms with van der Waals surface area (Å²) in [6.07, 6.45) is 0.804. The van der Waals surface area contributed by atoms with Crippen LogP contribution >= 0.6 is 11.6 Å². The Labute approximate surface area is 199 Å². The maximum Gasteiger partial charge on any atom is 0.253 e. The summed E-state index contributed by atoms with van der Waals surface area (Å²) in [6.45, 7) is 2.42. The van der Waals surface area contributed by atoms with E-state index in [1.54, 1.807) is 29.2 Å². The Hall–Kier alpha value is -2.42. The average molecular weight is 490 g/mol. The van der Waals surface area contributed by atoms with Gasteiger partial charge in [0, 0.05) is 32.2 Å². The number of nitrogens with one attached hydrogen (secondary N) is 1. The number of nitrogens with zero attached hydrogens (tertiary/aromatic N) is 2. The maximum atomic E-state index is 13.1. The van der Waals surface area contributed by atoms with E-state index in [9.17, 15) is 18.0 Å². The van der Waals surface area contributed by atoms with Crippen molar-refractivity contribution in [2.45, 2.75) is 24.9 Å². The lowest BCUT2D eigenvalue weighted by Crippen LogP contribution is -2.52. The summed E-state index contributed by atoms with van der Waals surface area (Å²) in [4.78, 5) is 30.0. The molecule has 7 nitrogen and oxygen atoms in total. The third-order valence-electron chi connectivity index (χ3n) is 6.40. The van der Waals surface area contributed by atoms with E-state index < -0.39 is 15.9 Å². The standard InChI is InChI=1S/C24H28ClN3O4S/c25-21-9-5-4-8-20(21)24(30)26-22(18-6-2-1-3-7-18)16-23(29)28-13-11-27(12-14-28)19-10-15-33(31,32)17-19/h1-9,19,22H,10-17H2,(H,26,30). The van der Waals surface area contributed by atoms with Crippen LogP contribution in [0.2, 0.25) is 5.02 Å². The molecule has 9 heteroatoms. The number of carbonyl (C=O) groups excluding carboxylic acids is 2. The van der Waals surface area contributed by atoms with E-state index in [2.05, 4.69) is 10.2 Å². The molecule has 2 aliphatic rings. The second kappa shape index (κ2) is 10.2. The van der Waals surface area contributed by atoms with Crippen molar-refractivity contribution >= 4 is 33.3 Å². The van der Waals surface area contributed by atoms with E-state index >= 15 is 0 Å². The molecule has 0 aliphatic carbocycles. The molecular formula is C24H28ClN3O4S. The topological polar surface area (TPSA) is 86.8 Å². The van der Waals surface area contributed by atoms with Gasteiger partial charge in [0.2, 0.25) is 5.91 Å². The molecule has 0 spiro atoms. The molecule has 2 aromatic rings. The lowest BCUT2D eigenvalue weighted by molar-refractivity contribution is -0.133. The van der Waals surface area contributed by atoms with Crippen LogP contribution in [0.15, 0.2) is 54.6 Å². The summed E-state index contributed by atoms with van der Waals surface area (Å²) < 4.78 is 23.6. The van der Waals surface area contributed by atoms with Gasteiger partial charge in [-0.3, -0.25) is 14.5 Å². The van der Waals surface area contributed by atoms with Crippen LogP contribution in [0.4, 0.5) is 0 Å². The van der Waals surface area contributed by atoms with Gasteiger partial charge < -0.3 is 10.2 Å². The molecular weight excluding hydrogens is 462 g/mol. The van der Waals surface area contributed by atoms with Crippen molar-refractivity contribution < 1.29 is 18.0 Å². The molecule has 2 unspecified atom stereocenters. The minimum absolute atomic E-state index is 0.0398. The van der Waals surface area contributed by atoms with Crippen molar-refractivity contribution in [1.82, 2.24) is 15.1 Å². The van der Waals surface area contributed by atoms with Crippen molar-refractivity contribution in [2.75, 3.05) is 37.7 Å². The molecule has 2 fully saturated rings. The summed E-state index contributed by atoms with van der Waals surface area (Å²) in [5.41, 5.74) is 1.22. The zero-order valence-electron chi connectivity index (χ0n) is 18.3. The minimum Gasteiger partial charge on any atom is -0.345 e. The van der Waals surface area contributed by atoms with Crippen LogP contribution in [0.25, 0.3) is 0 Å². The van der Waals surface area contributed by atoms with E-state index in [1.165, 1.54) is 0 Å². The zero-order chi connectivity index (χ0) is 23.4. The van der Waals surface area contributed by atoms with Crippen molar-refractivity contribution in [3.05, 3.63) is 70.7 Å². The zero-order valence-corrected chi connectivity index (χ0v) is 19.9. The van der Waals surface area contributed by atoms with Crippen molar-refractivity contribution in [3.8, 4) is 0 Å². The first-order valence-corrected chi connectivity index (χ1v) is 13.3. The Morgan fingerprint density at radius 2 is 1.67 bits per heavy atom. The SMILES string of the molecule is O=C(NC(CC(=O)N1CCN(C2CCS(=O)(=O)C2)CC1)c1ccccc1)c1ccccc1Cl. The highest BCUT2D eigenvalue weighted by Gasteiger charge is 2.34. The summed E-state index contributed by atoms with van der Waals surface area (Å²) in [5.74, 6) is 0.0998. The number of piperazine rings is 1. The molecule has 2 saturated heterocycles. The fourth-order valence-electron chi connectivity index (χ4n) is 4.52. The van der Waals surface area contributed by atoms with Crippen molar-refractivity contribution in [3.63, 3.8) is 0 Å². The molecule has 2 heterocycles. The van der Waals surface area contributed by atoms with Gasteiger partial charge >= 0.3 is 0 Å². The van der Waals surface area contributed by atoms with Crippen LogP contribution < -0.4 is 5.32 Å². The molecule has 1 N–H and O–H groups in total. The van der Waals surface area contributed by atoms with Gasteiger partial charge in [-0.1, -0.05) is 54.1 Å². The number of sulfone groups is 1. The van der Waals surface area contributed by atoms with E-state index in [0.717, 1.165) is 5.56 Å². The molecule has 0 aromatic heterocycles. The number of amides is 2. The predicted octanol–water partition coefficient (Wildman–Crippen LogP) is 2.53. The van der Waals surface area contributed by atoms with E-state index in [4.69, 9.17) is 11.6 Å². The number of benzene rings is 2. The van der Waals surface area contributed by atoms with Gasteiger partial charge in [0.05, 0.1) is 34.6 Å². The first-order valence-electron chi connectivity index (χ1n) is 11.1. The lowest BCUT2D eigenvalue weighted by Gasteiger charge is -2.38. The molecule has 2 aliphatic heterocycles. The molecule has 4 rings (SSSR count). The van der Waals surface area contributed by atoms with Crippen LogP contribution in [0, 0.1) is 0 Å². The number of rotatable bonds is 6. The molecule has 0 bridgehead atoms. The largest absolute Gasteiger partial charge is 0.345 e. The molecule has 2 amide bonds. The van der Waals surface area contributed by atoms with Gasteiger partial charge in [0.1, 0.15) is 0 Å². The van der Waals surface area contributed by atoms with Gasteiger partial charge in [-0.05, 0) is 24.1 Å². The fourth-order valence-corrected chi connectivity index (χ4v) is 6.51. The van der Waals surface area contributed by atoms with Gasteiger partial charge in [-0.2, -0.15) is 0 Å². The van der Waals surface area contributed by atoms with Gasteiger partial charge in [0.15, 0.2) is 9.84 Å². The first-order chi connectivity index (χ1) is 15.8. The summed E-state index contributed by atoms with van der Waals surface area (Å²) in [7, 11) is -2.93. The number of hydrogen-bond donors (Lipinski definition) is 1. The molecule has 0 radical (unpaired) electrons. The summed E-state index contributed by atoms with van der Waals surface area (Å²) in [5, 5.41) is 3.33. The highest BCUT2D eigenvalue weighted by atomic mass is 35.5. The quantitative estimate of drug-likeness (QED) is 0.673. The third-order valence-corrected chi connectivity index (χ3v) is 8.48. The van der Waals surface area contributed by atoms with E-state index in [1.807, 2.05) is 30.3 Å². The molecule has 0 saturated carbocycles. The number of halogens is 1. The smallest absolute Gasteiger partial charge is 0.253 e. The monoisotopic (exact) mass is 489 g/mol. The van der Waals surface area contributed by atoms with E-state index in [-0.39, 0.29) is 35.8 Å². The molecule has 2 atom stereocenters. The van der Waals surface area contributed by atoms with Crippen molar-refractivity contribution in [2.24, 2.45) is 0 Å². The normalized spacial score (nSPS) is 21.5. The van der Waals surface area contributed by atoms with Crippen LogP contribution in [0.5, 0.6) is 0 Å². The van der Waals surface area contributed by atoms with E-state index in [0.29, 0.717) is 43.2 Å². The molecule has 2 aromatic carbocycles. The fraction of sp³-hybridized carbons (Fsp3) is 0.417. The third kappa shape index (κ3) is 5.93. The second-order valence-electron chi connectivity index (χ2n) is 8.59. The predicted molar refractivity (Wildman–Crippen MR) is 128 cm³/mol. The first kappa shape index (κ1) is 23.7. The van der Waals surface area contributed by atoms with Crippen LogP contribution in [0.3, 0.4) is 0 Å². The van der Waals surface area contributed by atoms with Crippen LogP contribution in [0.1, 0.15) is 34.8 Å². The van der Waals surface area contributed by atoms with Gasteiger partial charge in [0.25, 0.3) is 5.91 Å². The Morgan fingerprint density at radius 3 is 2.30 bits per heavy atom. The minimum atomic E-state index is -2.93. The second-order valence-corrected chi connectivity index (χ2v) is 11.2. The summed E-state index contributed by atoms with van der Waals surface area (Å²) >= 11 is 6.18. The number of carbonyl (C=O) groups is 2. The Morgan fingerprint density at radius 1 is 1.00 bits per heavy atom. The Bertz CT molecular complexity index is 1100. The highest BCUT2D eigenvalue weighted by Crippen LogP contribution is 2.23. The van der Waals surface area contributed by atoms with Gasteiger partial charge in [-0.25, -0.2) is 8.42 Å². The Kier molecular flexibility index (Phi) is 7.36.